The molecule has 0 spiro atoms. The van der Waals surface area contributed by atoms with Crippen molar-refractivity contribution in [3.05, 3.63) is 119 Å². The van der Waals surface area contributed by atoms with E-state index in [1.54, 1.807) is 48.5 Å². The van der Waals surface area contributed by atoms with Gasteiger partial charge in [-0.15, -0.1) is 0 Å². The van der Waals surface area contributed by atoms with Crippen LogP contribution >= 0.6 is 0 Å². The van der Waals surface area contributed by atoms with Gasteiger partial charge < -0.3 is 20.4 Å². The van der Waals surface area contributed by atoms with Crippen LogP contribution in [0.1, 0.15) is 114 Å². The monoisotopic (exact) mass is 934 g/mol. The third-order valence-corrected chi connectivity index (χ3v) is 12.1. The highest BCUT2D eigenvalue weighted by atomic mass is 20.0. The third-order valence-electron chi connectivity index (χ3n) is 12.1. The van der Waals surface area contributed by atoms with E-state index in [0.717, 1.165) is 6.42 Å². The van der Waals surface area contributed by atoms with Crippen LogP contribution in [0, 0.1) is 23.7 Å². The molecule has 4 aromatic carbocycles. The second kappa shape index (κ2) is 35.5. The van der Waals surface area contributed by atoms with Gasteiger partial charge in [-0.2, -0.15) is 0 Å². The van der Waals surface area contributed by atoms with Crippen LogP contribution in [0.3, 0.4) is 0 Å². The first-order valence-electron chi connectivity index (χ1n) is 18.9. The fraction of sp³-hybridized carbons (Fsp3) is 0.455. The average molecular weight is 935 g/mol. The molecule has 63 heavy (non-hydrogen) atoms. The molecule has 6 atom stereocenters. The van der Waals surface area contributed by atoms with E-state index in [2.05, 4.69) is 90.1 Å². The first-order chi connectivity index (χ1) is 29.8. The van der Waals surface area contributed by atoms with E-state index in [0.29, 0.717) is 58.5 Å². The summed E-state index contributed by atoms with van der Waals surface area (Å²) < 4.78 is 112. The lowest BCUT2D eigenvalue weighted by Gasteiger charge is -2.45. The molecule has 2 fully saturated rings. The van der Waals surface area contributed by atoms with Crippen molar-refractivity contribution in [1.82, 2.24) is 0 Å². The molecule has 2 saturated carbocycles. The largest absolute Gasteiger partial charge is 0.508 e. The van der Waals surface area contributed by atoms with Crippen LogP contribution in [0.4, 0.5) is 68.7 Å². The van der Waals surface area contributed by atoms with Gasteiger partial charge in [-0.05, 0) is 156 Å². The Morgan fingerprint density at radius 2 is 0.873 bits per heavy atom. The van der Waals surface area contributed by atoms with Crippen molar-refractivity contribution >= 4 is 0 Å². The van der Waals surface area contributed by atoms with Crippen molar-refractivity contribution < 1.29 is 89.2 Å². The molecule has 0 aliphatic heterocycles. The highest BCUT2D eigenvalue weighted by Crippen LogP contribution is 2.51. The summed E-state index contributed by atoms with van der Waals surface area (Å²) in [7, 11) is 0. The maximum atomic E-state index is 9.61. The molecule has 0 heterocycles. The summed E-state index contributed by atoms with van der Waals surface area (Å²) in [4.78, 5) is 0. The molecule has 0 aromatic heterocycles. The van der Waals surface area contributed by atoms with E-state index in [-0.39, 0.29) is 15.5 Å². The second-order valence-corrected chi connectivity index (χ2v) is 15.9. The number of hydrogen-bond donors (Lipinski definition) is 4. The predicted molar refractivity (Wildman–Crippen MR) is 215 cm³/mol. The molecule has 19 heteroatoms. The van der Waals surface area contributed by atoms with Gasteiger partial charge >= 0.3 is 0 Å². The molecule has 4 N–H and O–H groups in total. The van der Waals surface area contributed by atoms with Gasteiger partial charge in [0.25, 0.3) is 0 Å². The Balaban J connectivity index is -0.000000427. The fourth-order valence-electron chi connectivity index (χ4n) is 8.73. The Hall–Kier alpha value is -4.97. The minimum absolute atomic E-state index is 0. The van der Waals surface area contributed by atoms with Crippen LogP contribution in [0.25, 0.3) is 0 Å². The maximum Gasteiger partial charge on any atom is 0.115 e. The number of phenols is 4. The van der Waals surface area contributed by atoms with Crippen molar-refractivity contribution in [3.8, 4) is 23.0 Å². The molecule has 362 valence electrons. The number of hydrogen-bond acceptors (Lipinski definition) is 4. The zero-order valence-corrected chi connectivity index (χ0v) is 35.4. The van der Waals surface area contributed by atoms with Crippen LogP contribution in [0.2, 0.25) is 0 Å². The van der Waals surface area contributed by atoms with Crippen LogP contribution in [-0.2, 0) is 10.8 Å². The van der Waals surface area contributed by atoms with E-state index in [4.69, 9.17) is 64.0 Å². The van der Waals surface area contributed by atoms with Crippen LogP contribution in [0.5, 0.6) is 23.0 Å². The maximum absolute atomic E-state index is 9.61. The summed E-state index contributed by atoms with van der Waals surface area (Å²) >= 11 is 0. The molecule has 2 aliphatic carbocycles. The number of rotatable bonds is 6. The molecular formula is C44H57F15O4. The fourth-order valence-corrected chi connectivity index (χ4v) is 8.73. The van der Waals surface area contributed by atoms with Crippen LogP contribution in [0.15, 0.2) is 97.1 Å². The molecule has 0 saturated heterocycles. The van der Waals surface area contributed by atoms with Crippen LogP contribution < -0.4 is 0 Å². The molecule has 4 nitrogen and oxygen atoms in total. The van der Waals surface area contributed by atoms with Crippen molar-refractivity contribution in [3.63, 3.8) is 0 Å². The highest BCUT2D eigenvalue weighted by Gasteiger charge is 2.41. The normalized spacial score (nSPS) is 20.5. The Kier molecular flexibility index (Phi) is 36.4. The summed E-state index contributed by atoms with van der Waals surface area (Å²) in [5.41, 5.74) is 5.49. The standard InChI is InChI=1S/2C22H28O2.7F2.FH/c1-15(2)20-12-13-22(3,17-6-10-19(24)11-7-17)14-21(20)16-4-8-18(23)9-5-16;1-15-4-7-18(14-21(15)16-5-10-19(23)11-6-16)22(2,3)17-8-12-20(24)13-9-17;7*1-2;/h4-11,15,20-21,23-24H,12-14H2,1-3H3;5-6,8-13,15,18,21,23-24H,4,7,14H2,1-3H3;;;;;;;;1H. The summed E-state index contributed by atoms with van der Waals surface area (Å²) in [5.74, 6) is 4.95. The zero-order chi connectivity index (χ0) is 48.6. The van der Waals surface area contributed by atoms with Gasteiger partial charge in [0.1, 0.15) is 23.0 Å². The van der Waals surface area contributed by atoms with Crippen molar-refractivity contribution in [1.29, 1.82) is 0 Å². The molecule has 6 rings (SSSR count). The molecule has 2 aliphatic rings. The van der Waals surface area contributed by atoms with Gasteiger partial charge in [0.05, 0.1) is 0 Å². The van der Waals surface area contributed by atoms with Gasteiger partial charge in [0.15, 0.2) is 0 Å². The van der Waals surface area contributed by atoms with Crippen molar-refractivity contribution in [2.45, 2.75) is 103 Å². The summed E-state index contributed by atoms with van der Waals surface area (Å²) in [6, 6.07) is 31.0. The van der Waals surface area contributed by atoms with E-state index in [9.17, 15) is 20.4 Å². The van der Waals surface area contributed by atoms with E-state index in [1.807, 2.05) is 0 Å². The molecule has 0 amide bonds. The summed E-state index contributed by atoms with van der Waals surface area (Å²) in [6.45, 7) is 14.0. The SMILES string of the molecule is CC(C)C1CCC(C)(c2ccc(O)cc2)CC1c1ccc(O)cc1.CC1CCC(C(C)(C)c2ccc(O)cc2)CC1c1ccc(O)cc1.F.FF.FF.FF.FF.FF.FF.FF. The highest BCUT2D eigenvalue weighted by molar-refractivity contribution is 5.36. The minimum atomic E-state index is 0. The number of benzene rings is 4. The van der Waals surface area contributed by atoms with E-state index in [1.165, 1.54) is 54.4 Å². The lowest BCUT2D eigenvalue weighted by atomic mass is 9.59. The topological polar surface area (TPSA) is 80.9 Å². The summed E-state index contributed by atoms with van der Waals surface area (Å²) in [6.07, 6.45) is 7.13. The lowest BCUT2D eigenvalue weighted by molar-refractivity contribution is 0.108. The van der Waals surface area contributed by atoms with Crippen molar-refractivity contribution in [2.24, 2.45) is 23.7 Å². The Bertz CT molecular complexity index is 1640. The zero-order valence-electron chi connectivity index (χ0n) is 35.4. The second-order valence-electron chi connectivity index (χ2n) is 15.9. The quantitative estimate of drug-likeness (QED) is 0.145. The molecule has 0 bridgehead atoms. The Labute approximate surface area is 357 Å². The smallest absolute Gasteiger partial charge is 0.115 e. The van der Waals surface area contributed by atoms with Gasteiger partial charge in [-0.25, -0.2) is 0 Å². The van der Waals surface area contributed by atoms with Gasteiger partial charge in [-0.1, -0.05) is 90.1 Å². The van der Waals surface area contributed by atoms with Gasteiger partial charge in [0, 0.05) is 64.0 Å². The molecule has 6 unspecified atom stereocenters. The number of aromatic hydroxyl groups is 4. The predicted octanol–water partition coefficient (Wildman–Crippen LogP) is 17.2. The first kappa shape index (κ1) is 64.7. The summed E-state index contributed by atoms with van der Waals surface area (Å²) in [5, 5.41) is 38.3. The van der Waals surface area contributed by atoms with Gasteiger partial charge in [0.2, 0.25) is 0 Å². The minimum Gasteiger partial charge on any atom is -0.508 e. The van der Waals surface area contributed by atoms with Crippen molar-refractivity contribution in [2.75, 3.05) is 0 Å². The Morgan fingerprint density at radius 3 is 1.25 bits per heavy atom. The molecular weight excluding hydrogens is 877 g/mol. The number of halogens is 15. The number of phenolic OH excluding ortho intramolecular Hbond substituents is 4. The first-order valence-corrected chi connectivity index (χ1v) is 18.9. The molecule has 0 radical (unpaired) electrons. The lowest BCUT2D eigenvalue weighted by Crippen LogP contribution is -2.35. The average Bonchev–Trinajstić information content (AvgIpc) is 3.32. The van der Waals surface area contributed by atoms with Crippen LogP contribution in [-0.4, -0.2) is 20.4 Å². The van der Waals surface area contributed by atoms with Gasteiger partial charge in [-0.3, -0.25) is 4.70 Å². The van der Waals surface area contributed by atoms with E-state index >= 15 is 0 Å². The molecule has 4 aromatic rings. The Morgan fingerprint density at radius 1 is 0.524 bits per heavy atom. The van der Waals surface area contributed by atoms with E-state index < -0.39 is 0 Å². The third kappa shape index (κ3) is 20.0.